The lowest BCUT2D eigenvalue weighted by atomic mass is 9.86. The molecule has 0 saturated carbocycles. The fourth-order valence-electron chi connectivity index (χ4n) is 2.52. The maximum atomic E-state index is 11.6. The predicted octanol–water partition coefficient (Wildman–Crippen LogP) is 5.65. The average molecular weight is 328 g/mol. The van der Waals surface area contributed by atoms with E-state index in [1.165, 1.54) is 6.92 Å². The SMILES string of the molecule is CC(=O)c1cc2nc(-c3ccc(Cl)cc3)cc(C(C)(C)C)c2o1. The highest BCUT2D eigenvalue weighted by atomic mass is 35.5. The van der Waals surface area contributed by atoms with Gasteiger partial charge in [0.05, 0.1) is 5.69 Å². The second kappa shape index (κ2) is 5.50. The molecule has 1 aromatic carbocycles. The van der Waals surface area contributed by atoms with E-state index in [1.807, 2.05) is 30.3 Å². The Morgan fingerprint density at radius 3 is 2.35 bits per heavy atom. The summed E-state index contributed by atoms with van der Waals surface area (Å²) in [5.74, 6) is 0.238. The minimum atomic E-state index is -0.131. The molecule has 23 heavy (non-hydrogen) atoms. The van der Waals surface area contributed by atoms with E-state index >= 15 is 0 Å². The molecule has 3 rings (SSSR count). The summed E-state index contributed by atoms with van der Waals surface area (Å²) in [6.07, 6.45) is 0. The molecular weight excluding hydrogens is 310 g/mol. The Labute approximate surface area is 140 Å². The van der Waals surface area contributed by atoms with Gasteiger partial charge in [-0.3, -0.25) is 4.79 Å². The number of furan rings is 1. The highest BCUT2D eigenvalue weighted by Gasteiger charge is 2.23. The van der Waals surface area contributed by atoms with Gasteiger partial charge in [-0.15, -0.1) is 0 Å². The predicted molar refractivity (Wildman–Crippen MR) is 93.2 cm³/mol. The van der Waals surface area contributed by atoms with Crippen LogP contribution < -0.4 is 0 Å². The third kappa shape index (κ3) is 3.02. The van der Waals surface area contributed by atoms with Gasteiger partial charge < -0.3 is 4.42 Å². The standard InChI is InChI=1S/C19H18ClNO2/c1-11(22)17-10-16-18(23-17)14(19(2,3)4)9-15(21-16)12-5-7-13(20)8-6-12/h5-10H,1-4H3. The zero-order valence-corrected chi connectivity index (χ0v) is 14.4. The first-order valence-electron chi connectivity index (χ1n) is 7.47. The van der Waals surface area contributed by atoms with Gasteiger partial charge in [0, 0.05) is 29.1 Å². The second-order valence-electron chi connectivity index (χ2n) is 6.69. The number of carbonyl (C=O) groups is 1. The number of hydrogen-bond acceptors (Lipinski definition) is 3. The number of halogens is 1. The molecule has 2 heterocycles. The summed E-state index contributed by atoms with van der Waals surface area (Å²) in [6.45, 7) is 7.84. The summed E-state index contributed by atoms with van der Waals surface area (Å²) in [4.78, 5) is 16.3. The second-order valence-corrected chi connectivity index (χ2v) is 7.13. The van der Waals surface area contributed by atoms with E-state index in [2.05, 4.69) is 25.8 Å². The molecule has 0 radical (unpaired) electrons. The zero-order valence-electron chi connectivity index (χ0n) is 13.6. The van der Waals surface area contributed by atoms with Crippen LogP contribution in [0.1, 0.15) is 43.8 Å². The van der Waals surface area contributed by atoms with E-state index in [4.69, 9.17) is 16.0 Å². The Morgan fingerprint density at radius 1 is 1.13 bits per heavy atom. The molecule has 2 aromatic heterocycles. The van der Waals surface area contributed by atoms with Crippen LogP contribution in [0.15, 0.2) is 40.8 Å². The number of aromatic nitrogens is 1. The van der Waals surface area contributed by atoms with Crippen LogP contribution in [-0.4, -0.2) is 10.8 Å². The number of Topliss-reactive ketones (excluding diaryl/α,β-unsaturated/α-hetero) is 1. The van der Waals surface area contributed by atoms with Crippen LogP contribution >= 0.6 is 11.6 Å². The first-order valence-corrected chi connectivity index (χ1v) is 7.85. The Hall–Kier alpha value is -2.13. The minimum absolute atomic E-state index is 0.101. The lowest BCUT2D eigenvalue weighted by Crippen LogP contribution is -2.12. The summed E-state index contributed by atoms with van der Waals surface area (Å²) in [7, 11) is 0. The van der Waals surface area contributed by atoms with Crippen molar-refractivity contribution in [2.45, 2.75) is 33.1 Å². The molecule has 0 amide bonds. The summed E-state index contributed by atoms with van der Waals surface area (Å²) >= 11 is 5.96. The van der Waals surface area contributed by atoms with Crippen LogP contribution in [0.25, 0.3) is 22.4 Å². The number of hydrogen-bond donors (Lipinski definition) is 0. The average Bonchev–Trinajstić information content (AvgIpc) is 2.90. The quantitative estimate of drug-likeness (QED) is 0.571. The van der Waals surface area contributed by atoms with Crippen molar-refractivity contribution >= 4 is 28.5 Å². The molecule has 118 valence electrons. The smallest absolute Gasteiger partial charge is 0.195 e. The number of pyridine rings is 1. The number of benzene rings is 1. The highest BCUT2D eigenvalue weighted by molar-refractivity contribution is 6.30. The first kappa shape index (κ1) is 15.8. The zero-order chi connectivity index (χ0) is 16.8. The van der Waals surface area contributed by atoms with Crippen LogP contribution in [0, 0.1) is 0 Å². The molecule has 0 spiro atoms. The van der Waals surface area contributed by atoms with Gasteiger partial charge in [0.25, 0.3) is 0 Å². The van der Waals surface area contributed by atoms with Gasteiger partial charge in [-0.05, 0) is 23.6 Å². The molecule has 0 aliphatic heterocycles. The van der Waals surface area contributed by atoms with Crippen molar-refractivity contribution < 1.29 is 9.21 Å². The molecule has 0 saturated heterocycles. The largest absolute Gasteiger partial charge is 0.451 e. The molecule has 3 aromatic rings. The Kier molecular flexibility index (Phi) is 3.77. The molecule has 0 fully saturated rings. The number of carbonyl (C=O) groups excluding carboxylic acids is 1. The van der Waals surface area contributed by atoms with Gasteiger partial charge in [-0.25, -0.2) is 4.98 Å². The van der Waals surface area contributed by atoms with Gasteiger partial charge >= 0.3 is 0 Å². The maximum absolute atomic E-state index is 11.6. The maximum Gasteiger partial charge on any atom is 0.195 e. The van der Waals surface area contributed by atoms with Gasteiger partial charge in [-0.1, -0.05) is 44.5 Å². The van der Waals surface area contributed by atoms with E-state index in [1.54, 1.807) is 6.07 Å². The number of rotatable bonds is 2. The lowest BCUT2D eigenvalue weighted by molar-refractivity contribution is 0.0989. The molecule has 0 N–H and O–H groups in total. The van der Waals surface area contributed by atoms with Crippen LogP contribution in [0.3, 0.4) is 0 Å². The van der Waals surface area contributed by atoms with Crippen molar-refractivity contribution in [2.24, 2.45) is 0 Å². The Balaban J connectivity index is 2.28. The van der Waals surface area contributed by atoms with E-state index in [0.29, 0.717) is 21.9 Å². The third-order valence-corrected chi connectivity index (χ3v) is 4.03. The van der Waals surface area contributed by atoms with Gasteiger partial charge in [-0.2, -0.15) is 0 Å². The summed E-state index contributed by atoms with van der Waals surface area (Å²) < 4.78 is 5.76. The van der Waals surface area contributed by atoms with Crippen molar-refractivity contribution in [2.75, 3.05) is 0 Å². The summed E-state index contributed by atoms with van der Waals surface area (Å²) in [5.41, 5.74) is 4.10. The number of ketones is 1. The van der Waals surface area contributed by atoms with E-state index in [-0.39, 0.29) is 11.2 Å². The first-order chi connectivity index (χ1) is 10.8. The molecule has 0 aliphatic rings. The van der Waals surface area contributed by atoms with Gasteiger partial charge in [0.15, 0.2) is 17.1 Å². The van der Waals surface area contributed by atoms with E-state index in [9.17, 15) is 4.79 Å². The molecule has 3 nitrogen and oxygen atoms in total. The molecule has 4 heteroatoms. The highest BCUT2D eigenvalue weighted by Crippen LogP contribution is 2.34. The van der Waals surface area contributed by atoms with Gasteiger partial charge in [0.2, 0.25) is 0 Å². The summed E-state index contributed by atoms with van der Waals surface area (Å²) in [5, 5.41) is 0.688. The Morgan fingerprint density at radius 2 is 1.78 bits per heavy atom. The number of fused-ring (bicyclic) bond motifs is 1. The van der Waals surface area contributed by atoms with Crippen LogP contribution in [0.5, 0.6) is 0 Å². The fraction of sp³-hybridized carbons (Fsp3) is 0.263. The number of nitrogens with zero attached hydrogens (tertiary/aromatic N) is 1. The van der Waals surface area contributed by atoms with Crippen molar-refractivity contribution in [1.29, 1.82) is 0 Å². The topological polar surface area (TPSA) is 43.1 Å². The minimum Gasteiger partial charge on any atom is -0.451 e. The monoisotopic (exact) mass is 327 g/mol. The molecule has 0 unspecified atom stereocenters. The normalized spacial score (nSPS) is 11.9. The lowest BCUT2D eigenvalue weighted by Gasteiger charge is -2.20. The molecular formula is C19H18ClNO2. The van der Waals surface area contributed by atoms with Crippen molar-refractivity contribution in [3.63, 3.8) is 0 Å². The van der Waals surface area contributed by atoms with Crippen molar-refractivity contribution in [3.05, 3.63) is 52.7 Å². The van der Waals surface area contributed by atoms with Crippen LogP contribution in [0.2, 0.25) is 5.02 Å². The summed E-state index contributed by atoms with van der Waals surface area (Å²) in [6, 6.07) is 11.3. The van der Waals surface area contributed by atoms with Crippen molar-refractivity contribution in [1.82, 2.24) is 4.98 Å². The Bertz CT molecular complexity index is 886. The van der Waals surface area contributed by atoms with Crippen LogP contribution in [-0.2, 0) is 5.41 Å². The third-order valence-electron chi connectivity index (χ3n) is 3.77. The fourth-order valence-corrected chi connectivity index (χ4v) is 2.65. The molecule has 0 atom stereocenters. The molecule has 0 aliphatic carbocycles. The molecule has 0 bridgehead atoms. The van der Waals surface area contributed by atoms with E-state index < -0.39 is 0 Å². The van der Waals surface area contributed by atoms with Crippen LogP contribution in [0.4, 0.5) is 0 Å². The van der Waals surface area contributed by atoms with Gasteiger partial charge in [0.1, 0.15) is 5.52 Å². The van der Waals surface area contributed by atoms with Crippen molar-refractivity contribution in [3.8, 4) is 11.3 Å². The van der Waals surface area contributed by atoms with E-state index in [0.717, 1.165) is 16.8 Å².